The average Bonchev–Trinajstić information content (AvgIpc) is 2.47. The van der Waals surface area contributed by atoms with E-state index in [0.717, 1.165) is 0 Å². The Morgan fingerprint density at radius 1 is 1.07 bits per heavy atom. The lowest BCUT2D eigenvalue weighted by molar-refractivity contribution is -0.112. The SMILES string of the molecule is NN.O.O=C1Nc2ccccc2C1=O. The van der Waals surface area contributed by atoms with E-state index in [1.54, 1.807) is 24.3 Å². The fourth-order valence-electron chi connectivity index (χ4n) is 1.09. The maximum atomic E-state index is 11.0. The lowest BCUT2D eigenvalue weighted by Crippen LogP contribution is -2.12. The summed E-state index contributed by atoms with van der Waals surface area (Å²) in [6.07, 6.45) is 0. The number of hydrogen-bond acceptors (Lipinski definition) is 4. The highest BCUT2D eigenvalue weighted by Gasteiger charge is 2.26. The number of para-hydroxylation sites is 1. The van der Waals surface area contributed by atoms with Gasteiger partial charge in [-0.25, -0.2) is 0 Å². The lowest BCUT2D eigenvalue weighted by atomic mass is 10.1. The van der Waals surface area contributed by atoms with Crippen LogP contribution in [0.5, 0.6) is 0 Å². The van der Waals surface area contributed by atoms with Crippen molar-refractivity contribution in [2.75, 3.05) is 5.32 Å². The Balaban J connectivity index is 0.000000531. The van der Waals surface area contributed by atoms with Crippen LogP contribution in [0.1, 0.15) is 10.4 Å². The van der Waals surface area contributed by atoms with Gasteiger partial charge in [-0.2, -0.15) is 0 Å². The number of Topliss-reactive ketones (excluding diaryl/α,β-unsaturated/α-hetero) is 1. The van der Waals surface area contributed by atoms with Gasteiger partial charge in [0.05, 0.1) is 11.3 Å². The van der Waals surface area contributed by atoms with E-state index in [0.29, 0.717) is 11.3 Å². The molecule has 0 unspecified atom stereocenters. The van der Waals surface area contributed by atoms with E-state index in [1.807, 2.05) is 0 Å². The number of benzene rings is 1. The molecule has 0 saturated heterocycles. The van der Waals surface area contributed by atoms with Gasteiger partial charge in [-0.1, -0.05) is 12.1 Å². The van der Waals surface area contributed by atoms with E-state index in [9.17, 15) is 9.59 Å². The minimum Gasteiger partial charge on any atom is -0.412 e. The maximum absolute atomic E-state index is 11.0. The van der Waals surface area contributed by atoms with Crippen molar-refractivity contribution >= 4 is 17.4 Å². The summed E-state index contributed by atoms with van der Waals surface area (Å²) >= 11 is 0. The number of amides is 1. The Labute approximate surface area is 80.2 Å². The first-order valence-corrected chi connectivity index (χ1v) is 3.57. The van der Waals surface area contributed by atoms with Crippen LogP contribution in [0.15, 0.2) is 24.3 Å². The van der Waals surface area contributed by atoms with Gasteiger partial charge in [-0.3, -0.25) is 21.3 Å². The molecule has 7 N–H and O–H groups in total. The third-order valence-corrected chi connectivity index (χ3v) is 1.63. The molecule has 0 aromatic heterocycles. The number of hydrazine groups is 1. The van der Waals surface area contributed by atoms with Gasteiger partial charge < -0.3 is 10.8 Å². The molecular formula is C8H11N3O3. The molecule has 1 aromatic rings. The third kappa shape index (κ3) is 1.94. The molecule has 1 aromatic carbocycles. The van der Waals surface area contributed by atoms with Crippen molar-refractivity contribution < 1.29 is 15.1 Å². The summed E-state index contributed by atoms with van der Waals surface area (Å²) in [4.78, 5) is 21.8. The second kappa shape index (κ2) is 5.07. The number of ketones is 1. The average molecular weight is 197 g/mol. The normalized spacial score (nSPS) is 11.9. The monoisotopic (exact) mass is 197 g/mol. The molecule has 6 heteroatoms. The van der Waals surface area contributed by atoms with E-state index in [2.05, 4.69) is 17.0 Å². The van der Waals surface area contributed by atoms with Crippen LogP contribution in [0, 0.1) is 0 Å². The number of hydrogen-bond donors (Lipinski definition) is 3. The van der Waals surface area contributed by atoms with Crippen LogP contribution in [0.25, 0.3) is 0 Å². The molecule has 0 radical (unpaired) electrons. The van der Waals surface area contributed by atoms with Crippen LogP contribution in [0.2, 0.25) is 0 Å². The molecular weight excluding hydrogens is 186 g/mol. The van der Waals surface area contributed by atoms with Gasteiger partial charge in [-0.15, -0.1) is 0 Å². The molecule has 1 heterocycles. The number of nitrogens with one attached hydrogen (secondary N) is 1. The Bertz CT molecular complexity index is 351. The van der Waals surface area contributed by atoms with Crippen LogP contribution < -0.4 is 17.0 Å². The molecule has 6 nitrogen and oxygen atoms in total. The predicted octanol–water partition coefficient (Wildman–Crippen LogP) is -1.18. The number of nitrogens with two attached hydrogens (primary N) is 2. The Kier molecular flexibility index (Phi) is 4.44. The van der Waals surface area contributed by atoms with Crippen molar-refractivity contribution in [2.24, 2.45) is 11.7 Å². The van der Waals surface area contributed by atoms with Gasteiger partial charge in [0.1, 0.15) is 0 Å². The Morgan fingerprint density at radius 2 is 1.64 bits per heavy atom. The molecule has 0 aliphatic carbocycles. The number of carbonyl (C=O) groups excluding carboxylic acids is 2. The van der Waals surface area contributed by atoms with Gasteiger partial charge in [0.15, 0.2) is 0 Å². The third-order valence-electron chi connectivity index (χ3n) is 1.63. The lowest BCUT2D eigenvalue weighted by Gasteiger charge is -1.91. The number of anilines is 1. The highest BCUT2D eigenvalue weighted by molar-refractivity contribution is 6.51. The predicted molar refractivity (Wildman–Crippen MR) is 51.4 cm³/mol. The molecule has 0 bridgehead atoms. The van der Waals surface area contributed by atoms with Crippen molar-refractivity contribution in [1.82, 2.24) is 0 Å². The molecule has 14 heavy (non-hydrogen) atoms. The molecule has 0 spiro atoms. The maximum Gasteiger partial charge on any atom is 0.296 e. The first-order chi connectivity index (χ1) is 6.29. The summed E-state index contributed by atoms with van der Waals surface area (Å²) in [5, 5.41) is 2.46. The van der Waals surface area contributed by atoms with E-state index in [1.165, 1.54) is 0 Å². The van der Waals surface area contributed by atoms with Crippen molar-refractivity contribution in [3.63, 3.8) is 0 Å². The zero-order chi connectivity index (χ0) is 9.84. The smallest absolute Gasteiger partial charge is 0.296 e. The first-order valence-electron chi connectivity index (χ1n) is 3.57. The summed E-state index contributed by atoms with van der Waals surface area (Å²) in [6.45, 7) is 0. The second-order valence-corrected chi connectivity index (χ2v) is 2.33. The summed E-state index contributed by atoms with van der Waals surface area (Å²) < 4.78 is 0. The highest BCUT2D eigenvalue weighted by Crippen LogP contribution is 2.21. The molecule has 0 fully saturated rings. The largest absolute Gasteiger partial charge is 0.412 e. The van der Waals surface area contributed by atoms with Gasteiger partial charge in [0, 0.05) is 0 Å². The van der Waals surface area contributed by atoms with E-state index < -0.39 is 11.7 Å². The summed E-state index contributed by atoms with van der Waals surface area (Å²) in [7, 11) is 0. The molecule has 1 aliphatic heterocycles. The van der Waals surface area contributed by atoms with Crippen molar-refractivity contribution in [3.05, 3.63) is 29.8 Å². The molecule has 1 amide bonds. The zero-order valence-electron chi connectivity index (χ0n) is 7.28. The van der Waals surface area contributed by atoms with Crippen molar-refractivity contribution in [1.29, 1.82) is 0 Å². The Morgan fingerprint density at radius 3 is 2.21 bits per heavy atom. The van der Waals surface area contributed by atoms with Crippen LogP contribution in [-0.4, -0.2) is 17.2 Å². The molecule has 0 saturated carbocycles. The fraction of sp³-hybridized carbons (Fsp3) is 0. The summed E-state index contributed by atoms with van der Waals surface area (Å²) in [5.41, 5.74) is 1.08. The summed E-state index contributed by atoms with van der Waals surface area (Å²) in [5.74, 6) is 7.02. The van der Waals surface area contributed by atoms with E-state index in [-0.39, 0.29) is 5.48 Å². The minimum atomic E-state index is -0.536. The standard InChI is InChI=1S/C8H5NO2.H4N2.H2O/c10-7-5-3-1-2-4-6(5)9-8(7)11;1-2;/h1-4H,(H,9,10,11);1-2H2;1H2. The van der Waals surface area contributed by atoms with Crippen LogP contribution in [0.3, 0.4) is 0 Å². The number of rotatable bonds is 0. The topological polar surface area (TPSA) is 130 Å². The van der Waals surface area contributed by atoms with Crippen LogP contribution in [0.4, 0.5) is 5.69 Å². The Hall–Kier alpha value is -1.76. The number of fused-ring (bicyclic) bond motifs is 1. The fourth-order valence-corrected chi connectivity index (χ4v) is 1.09. The second-order valence-electron chi connectivity index (χ2n) is 2.33. The van der Waals surface area contributed by atoms with Gasteiger partial charge in [0.2, 0.25) is 0 Å². The highest BCUT2D eigenvalue weighted by atomic mass is 16.2. The van der Waals surface area contributed by atoms with Gasteiger partial charge in [-0.05, 0) is 12.1 Å². The van der Waals surface area contributed by atoms with Crippen LogP contribution >= 0.6 is 0 Å². The van der Waals surface area contributed by atoms with Gasteiger partial charge >= 0.3 is 0 Å². The van der Waals surface area contributed by atoms with Crippen molar-refractivity contribution in [2.45, 2.75) is 0 Å². The molecule has 76 valence electrons. The van der Waals surface area contributed by atoms with Gasteiger partial charge in [0.25, 0.3) is 11.7 Å². The van der Waals surface area contributed by atoms with E-state index >= 15 is 0 Å². The molecule has 0 atom stereocenters. The first kappa shape index (κ1) is 12.2. The minimum absolute atomic E-state index is 0. The molecule has 2 rings (SSSR count). The quantitative estimate of drug-likeness (QED) is 0.274. The number of carbonyl (C=O) groups is 2. The van der Waals surface area contributed by atoms with E-state index in [4.69, 9.17) is 0 Å². The zero-order valence-corrected chi connectivity index (χ0v) is 7.28. The molecule has 1 aliphatic rings. The van der Waals surface area contributed by atoms with Crippen LogP contribution in [-0.2, 0) is 4.79 Å². The van der Waals surface area contributed by atoms with Crippen molar-refractivity contribution in [3.8, 4) is 0 Å². The summed E-state index contributed by atoms with van der Waals surface area (Å²) in [6, 6.07) is 6.85.